The number of anilines is 1. The number of aryl methyl sites for hydroxylation is 1. The molecule has 166 valence electrons. The Bertz CT molecular complexity index is 1300. The smallest absolute Gasteiger partial charge is 0.257 e. The second-order valence-corrected chi connectivity index (χ2v) is 10.4. The summed E-state index contributed by atoms with van der Waals surface area (Å²) in [4.78, 5) is 17.6. The zero-order valence-corrected chi connectivity index (χ0v) is 19.0. The Hall–Kier alpha value is -2.95. The van der Waals surface area contributed by atoms with Crippen molar-refractivity contribution in [3.05, 3.63) is 52.9 Å². The molecule has 1 saturated heterocycles. The number of thiazole rings is 1. The third kappa shape index (κ3) is 3.85. The Kier molecular flexibility index (Phi) is 5.36. The number of benzene rings is 2. The van der Waals surface area contributed by atoms with Crippen LogP contribution in [0.25, 0.3) is 11.3 Å². The predicted molar refractivity (Wildman–Crippen MR) is 121 cm³/mol. The van der Waals surface area contributed by atoms with E-state index in [1.54, 1.807) is 19.1 Å². The van der Waals surface area contributed by atoms with Gasteiger partial charge >= 0.3 is 0 Å². The van der Waals surface area contributed by atoms with Crippen LogP contribution in [0, 0.1) is 6.92 Å². The second-order valence-electron chi connectivity index (χ2n) is 7.65. The van der Waals surface area contributed by atoms with Gasteiger partial charge in [-0.25, -0.2) is 13.4 Å². The molecule has 1 amide bonds. The third-order valence-electron chi connectivity index (χ3n) is 5.55. The average Bonchev–Trinajstić information content (AvgIpc) is 3.54. The fraction of sp³-hybridized carbons (Fsp3) is 0.273. The molecule has 0 radical (unpaired) electrons. The topological polar surface area (TPSA) is 97.8 Å². The van der Waals surface area contributed by atoms with E-state index < -0.39 is 15.9 Å². The van der Waals surface area contributed by atoms with E-state index in [9.17, 15) is 13.2 Å². The molecule has 5 rings (SSSR count). The number of hydrogen-bond acceptors (Lipinski definition) is 7. The molecule has 2 aliphatic heterocycles. The highest BCUT2D eigenvalue weighted by Gasteiger charge is 2.28. The molecule has 3 aromatic rings. The Balaban J connectivity index is 1.36. The SMILES string of the molecule is Cc1ccc(S(=O)(=O)N2CCCC2)cc1C(=O)Nc1nc(-c2ccc3c(c2)OCO3)cs1. The lowest BCUT2D eigenvalue weighted by molar-refractivity contribution is 0.102. The van der Waals surface area contributed by atoms with Crippen LogP contribution in [0.1, 0.15) is 28.8 Å². The highest BCUT2D eigenvalue weighted by atomic mass is 32.2. The van der Waals surface area contributed by atoms with E-state index in [0.29, 0.717) is 46.5 Å². The van der Waals surface area contributed by atoms with Crippen LogP contribution < -0.4 is 14.8 Å². The Morgan fingerprint density at radius 3 is 2.69 bits per heavy atom. The number of fused-ring (bicyclic) bond motifs is 1. The van der Waals surface area contributed by atoms with Crippen LogP contribution in [0.4, 0.5) is 5.13 Å². The van der Waals surface area contributed by atoms with E-state index in [2.05, 4.69) is 10.3 Å². The number of nitrogens with zero attached hydrogens (tertiary/aromatic N) is 2. The van der Waals surface area contributed by atoms with Crippen LogP contribution in [-0.2, 0) is 10.0 Å². The van der Waals surface area contributed by atoms with Crippen molar-refractivity contribution in [2.75, 3.05) is 25.2 Å². The highest BCUT2D eigenvalue weighted by molar-refractivity contribution is 7.89. The normalized spacial score (nSPS) is 15.8. The van der Waals surface area contributed by atoms with Crippen molar-refractivity contribution in [1.29, 1.82) is 0 Å². The Morgan fingerprint density at radius 1 is 1.09 bits per heavy atom. The number of carbonyl (C=O) groups excluding carboxylic acids is 1. The molecule has 1 fully saturated rings. The van der Waals surface area contributed by atoms with Crippen molar-refractivity contribution < 1.29 is 22.7 Å². The van der Waals surface area contributed by atoms with Crippen LogP contribution in [-0.4, -0.2) is 43.5 Å². The average molecular weight is 472 g/mol. The predicted octanol–water partition coefficient (Wildman–Crippen LogP) is 3.88. The van der Waals surface area contributed by atoms with E-state index in [1.165, 1.54) is 21.7 Å². The van der Waals surface area contributed by atoms with Gasteiger partial charge in [0.2, 0.25) is 16.8 Å². The monoisotopic (exact) mass is 471 g/mol. The number of ether oxygens (including phenoxy) is 2. The molecule has 32 heavy (non-hydrogen) atoms. The number of rotatable bonds is 5. The summed E-state index contributed by atoms with van der Waals surface area (Å²) in [5.74, 6) is 0.956. The van der Waals surface area contributed by atoms with E-state index in [1.807, 2.05) is 23.6 Å². The summed E-state index contributed by atoms with van der Waals surface area (Å²) in [5, 5.41) is 5.06. The number of amides is 1. The van der Waals surface area contributed by atoms with E-state index >= 15 is 0 Å². The summed E-state index contributed by atoms with van der Waals surface area (Å²) >= 11 is 1.30. The summed E-state index contributed by atoms with van der Waals surface area (Å²) in [6.45, 7) is 3.00. The van der Waals surface area contributed by atoms with Gasteiger partial charge in [-0.15, -0.1) is 11.3 Å². The van der Waals surface area contributed by atoms with E-state index in [-0.39, 0.29) is 11.7 Å². The fourth-order valence-electron chi connectivity index (χ4n) is 3.77. The van der Waals surface area contributed by atoms with Crippen LogP contribution >= 0.6 is 11.3 Å². The number of aromatic nitrogens is 1. The van der Waals surface area contributed by atoms with Crippen LogP contribution in [0.3, 0.4) is 0 Å². The summed E-state index contributed by atoms with van der Waals surface area (Å²) in [7, 11) is -3.60. The largest absolute Gasteiger partial charge is 0.454 e. The molecule has 1 aromatic heterocycles. The van der Waals surface area contributed by atoms with Crippen molar-refractivity contribution in [2.24, 2.45) is 0 Å². The summed E-state index contributed by atoms with van der Waals surface area (Å²) < 4.78 is 38.0. The molecule has 8 nitrogen and oxygen atoms in total. The molecule has 0 aliphatic carbocycles. The van der Waals surface area contributed by atoms with Crippen molar-refractivity contribution >= 4 is 32.4 Å². The third-order valence-corrected chi connectivity index (χ3v) is 8.20. The van der Waals surface area contributed by atoms with Crippen LogP contribution in [0.5, 0.6) is 11.5 Å². The van der Waals surface area contributed by atoms with Gasteiger partial charge < -0.3 is 9.47 Å². The maximum Gasteiger partial charge on any atom is 0.257 e. The lowest BCUT2D eigenvalue weighted by Gasteiger charge is -2.16. The summed E-state index contributed by atoms with van der Waals surface area (Å²) in [5.41, 5.74) is 2.55. The van der Waals surface area contributed by atoms with Crippen molar-refractivity contribution in [1.82, 2.24) is 9.29 Å². The van der Waals surface area contributed by atoms with Crippen LogP contribution in [0.2, 0.25) is 0 Å². The van der Waals surface area contributed by atoms with E-state index in [0.717, 1.165) is 18.4 Å². The Morgan fingerprint density at radius 2 is 1.88 bits per heavy atom. The van der Waals surface area contributed by atoms with Gasteiger partial charge in [-0.2, -0.15) is 4.31 Å². The minimum atomic E-state index is -3.60. The summed E-state index contributed by atoms with van der Waals surface area (Å²) in [6, 6.07) is 10.2. The first-order valence-corrected chi connectivity index (χ1v) is 12.5. The molecule has 0 atom stereocenters. The first-order valence-electron chi connectivity index (χ1n) is 10.2. The fourth-order valence-corrected chi connectivity index (χ4v) is 6.03. The molecule has 2 aromatic carbocycles. The molecular weight excluding hydrogens is 450 g/mol. The molecule has 3 heterocycles. The van der Waals surface area contributed by atoms with Gasteiger partial charge in [0.15, 0.2) is 16.6 Å². The van der Waals surface area contributed by atoms with Crippen molar-refractivity contribution in [3.63, 3.8) is 0 Å². The maximum atomic E-state index is 12.9. The van der Waals surface area contributed by atoms with Gasteiger partial charge in [-0.1, -0.05) is 6.07 Å². The lowest BCUT2D eigenvalue weighted by Crippen LogP contribution is -2.28. The lowest BCUT2D eigenvalue weighted by atomic mass is 10.1. The maximum absolute atomic E-state index is 12.9. The molecule has 0 spiro atoms. The van der Waals surface area contributed by atoms with Crippen LogP contribution in [0.15, 0.2) is 46.7 Å². The van der Waals surface area contributed by atoms with Crippen molar-refractivity contribution in [3.8, 4) is 22.8 Å². The highest BCUT2D eigenvalue weighted by Crippen LogP contribution is 2.36. The first-order chi connectivity index (χ1) is 15.4. The second kappa shape index (κ2) is 8.19. The number of nitrogens with one attached hydrogen (secondary N) is 1. The molecule has 2 aliphatic rings. The number of carbonyl (C=O) groups is 1. The minimum absolute atomic E-state index is 0.135. The van der Waals surface area contributed by atoms with Gasteiger partial charge in [-0.3, -0.25) is 10.1 Å². The molecule has 10 heteroatoms. The summed E-state index contributed by atoms with van der Waals surface area (Å²) in [6.07, 6.45) is 1.71. The first kappa shape index (κ1) is 20.9. The molecule has 1 N–H and O–H groups in total. The van der Waals surface area contributed by atoms with Gasteiger partial charge in [0.25, 0.3) is 5.91 Å². The zero-order valence-electron chi connectivity index (χ0n) is 17.3. The van der Waals surface area contributed by atoms with E-state index in [4.69, 9.17) is 9.47 Å². The standard InChI is InChI=1S/C22H21N3O5S2/c1-14-4-6-16(32(27,28)25-8-2-3-9-25)11-17(14)21(26)24-22-23-18(12-31-22)15-5-7-19-20(10-15)30-13-29-19/h4-7,10-12H,2-3,8-9,13H2,1H3,(H,23,24,26). The molecule has 0 unspecified atom stereocenters. The van der Waals surface area contributed by atoms with Gasteiger partial charge in [0.1, 0.15) is 0 Å². The molecular formula is C22H21N3O5S2. The number of hydrogen-bond donors (Lipinski definition) is 1. The zero-order chi connectivity index (χ0) is 22.3. The molecule has 0 bridgehead atoms. The van der Waals surface area contributed by atoms with Gasteiger partial charge in [0.05, 0.1) is 10.6 Å². The number of sulfonamides is 1. The minimum Gasteiger partial charge on any atom is -0.454 e. The quantitative estimate of drug-likeness (QED) is 0.606. The van der Waals surface area contributed by atoms with Gasteiger partial charge in [-0.05, 0) is 55.7 Å². The van der Waals surface area contributed by atoms with Gasteiger partial charge in [0, 0.05) is 29.6 Å². The van der Waals surface area contributed by atoms with Crippen molar-refractivity contribution in [2.45, 2.75) is 24.7 Å². The molecule has 0 saturated carbocycles. The Labute approximate surface area is 189 Å².